The van der Waals surface area contributed by atoms with Crippen molar-refractivity contribution in [3.05, 3.63) is 27.1 Å². The van der Waals surface area contributed by atoms with E-state index in [2.05, 4.69) is 9.97 Å². The van der Waals surface area contributed by atoms with Crippen molar-refractivity contribution in [2.75, 3.05) is 19.7 Å². The number of likely N-dealkylation sites (tertiary alicyclic amines) is 1. The second kappa shape index (κ2) is 6.44. The highest BCUT2D eigenvalue weighted by molar-refractivity contribution is 7.20. The van der Waals surface area contributed by atoms with Gasteiger partial charge in [-0.1, -0.05) is 0 Å². The highest BCUT2D eigenvalue weighted by atomic mass is 32.1. The van der Waals surface area contributed by atoms with Crippen molar-refractivity contribution in [2.45, 2.75) is 45.3 Å². The molecule has 4 rings (SSSR count). The number of carbonyl (C=O) groups is 1. The Labute approximate surface area is 155 Å². The van der Waals surface area contributed by atoms with E-state index in [1.165, 1.54) is 17.7 Å². The van der Waals surface area contributed by atoms with Crippen LogP contribution in [0.2, 0.25) is 0 Å². The average molecular weight is 377 g/mol. The number of aromatic nitrogens is 2. The van der Waals surface area contributed by atoms with Crippen molar-refractivity contribution in [3.8, 4) is 0 Å². The molecular weight excluding hydrogens is 354 g/mol. The molecule has 26 heavy (non-hydrogen) atoms. The molecule has 0 radical (unpaired) electrons. The van der Waals surface area contributed by atoms with Gasteiger partial charge >= 0.3 is 0 Å². The van der Waals surface area contributed by atoms with Gasteiger partial charge in [0.2, 0.25) is 0 Å². The summed E-state index contributed by atoms with van der Waals surface area (Å²) in [5.74, 6) is -0.0541. The molecule has 1 saturated heterocycles. The zero-order chi connectivity index (χ0) is 18.5. The van der Waals surface area contributed by atoms with Crippen molar-refractivity contribution >= 4 is 27.5 Å². The maximum Gasteiger partial charge on any atom is 0.264 e. The second-order valence-corrected chi connectivity index (χ2v) is 8.19. The maximum atomic E-state index is 13.0. The van der Waals surface area contributed by atoms with Crippen LogP contribution < -0.4 is 5.56 Å². The number of aliphatic hydroxyl groups is 1. The quantitative estimate of drug-likeness (QED) is 0.849. The lowest BCUT2D eigenvalue weighted by Gasteiger charge is -2.56. The van der Waals surface area contributed by atoms with E-state index in [1.54, 1.807) is 6.92 Å². The number of thiophene rings is 1. The summed E-state index contributed by atoms with van der Waals surface area (Å²) in [6, 6.07) is 0. The van der Waals surface area contributed by atoms with Crippen LogP contribution in [-0.2, 0) is 4.74 Å². The molecule has 2 aromatic heterocycles. The number of rotatable bonds is 3. The number of aliphatic hydroxyl groups excluding tert-OH is 1. The number of H-pyrrole nitrogens is 1. The first-order valence-corrected chi connectivity index (χ1v) is 9.85. The Morgan fingerprint density at radius 2 is 2.23 bits per heavy atom. The molecule has 140 valence electrons. The zero-order valence-electron chi connectivity index (χ0n) is 14.9. The third kappa shape index (κ3) is 2.51. The molecule has 8 heteroatoms. The number of aromatic amines is 1. The van der Waals surface area contributed by atoms with Gasteiger partial charge in [-0.2, -0.15) is 0 Å². The van der Waals surface area contributed by atoms with E-state index in [1.807, 2.05) is 11.8 Å². The van der Waals surface area contributed by atoms with Crippen molar-refractivity contribution in [1.29, 1.82) is 0 Å². The fourth-order valence-electron chi connectivity index (χ4n) is 4.37. The van der Waals surface area contributed by atoms with Crippen LogP contribution in [0.1, 0.15) is 41.4 Å². The Balaban J connectivity index is 1.54. The number of carbonyl (C=O) groups excluding carboxylic acids is 1. The highest BCUT2D eigenvalue weighted by Crippen LogP contribution is 2.51. The van der Waals surface area contributed by atoms with Crippen LogP contribution in [0.4, 0.5) is 0 Å². The smallest absolute Gasteiger partial charge is 0.264 e. The number of piperidine rings is 1. The highest BCUT2D eigenvalue weighted by Gasteiger charge is 2.56. The van der Waals surface area contributed by atoms with E-state index in [0.29, 0.717) is 46.8 Å². The number of hydrogen-bond donors (Lipinski definition) is 2. The number of nitrogens with zero attached hydrogens (tertiary/aromatic N) is 2. The lowest BCUT2D eigenvalue weighted by molar-refractivity contribution is -0.207. The minimum Gasteiger partial charge on any atom is -0.392 e. The number of hydrogen-bond acceptors (Lipinski definition) is 6. The fourth-order valence-corrected chi connectivity index (χ4v) is 5.49. The van der Waals surface area contributed by atoms with Crippen LogP contribution in [-0.4, -0.2) is 57.8 Å². The molecule has 1 aliphatic carbocycles. The van der Waals surface area contributed by atoms with Gasteiger partial charge in [-0.05, 0) is 32.3 Å². The summed E-state index contributed by atoms with van der Waals surface area (Å²) in [5.41, 5.74) is 0.277. The molecular formula is C18H23N3O4S. The van der Waals surface area contributed by atoms with E-state index in [0.717, 1.165) is 12.8 Å². The molecule has 2 aliphatic rings. The largest absolute Gasteiger partial charge is 0.392 e. The van der Waals surface area contributed by atoms with E-state index in [9.17, 15) is 14.7 Å². The Kier molecular flexibility index (Phi) is 4.37. The second-order valence-electron chi connectivity index (χ2n) is 7.19. The normalized spacial score (nSPS) is 24.8. The molecule has 1 saturated carbocycles. The molecule has 0 bridgehead atoms. The maximum absolute atomic E-state index is 13.0. The van der Waals surface area contributed by atoms with E-state index in [-0.39, 0.29) is 29.1 Å². The number of nitrogens with one attached hydrogen (secondary N) is 1. The summed E-state index contributed by atoms with van der Waals surface area (Å²) in [6.07, 6.45) is 3.29. The van der Waals surface area contributed by atoms with Crippen LogP contribution in [0.3, 0.4) is 0 Å². The first kappa shape index (κ1) is 17.6. The number of aryl methyl sites for hydroxylation is 1. The summed E-state index contributed by atoms with van der Waals surface area (Å²) in [4.78, 5) is 34.8. The van der Waals surface area contributed by atoms with Crippen LogP contribution in [0.25, 0.3) is 10.2 Å². The first-order chi connectivity index (χ1) is 12.5. The molecule has 1 spiro atoms. The lowest BCUT2D eigenvalue weighted by atomic mass is 9.58. The van der Waals surface area contributed by atoms with Gasteiger partial charge in [-0.15, -0.1) is 11.3 Å². The van der Waals surface area contributed by atoms with Crippen molar-refractivity contribution < 1.29 is 14.6 Å². The van der Waals surface area contributed by atoms with Gasteiger partial charge in [-0.25, -0.2) is 4.98 Å². The zero-order valence-corrected chi connectivity index (χ0v) is 15.8. The Morgan fingerprint density at radius 3 is 2.85 bits per heavy atom. The molecule has 2 fully saturated rings. The van der Waals surface area contributed by atoms with Crippen LogP contribution in [0.5, 0.6) is 0 Å². The van der Waals surface area contributed by atoms with E-state index in [4.69, 9.17) is 4.74 Å². The molecule has 0 unspecified atom stereocenters. The van der Waals surface area contributed by atoms with Crippen molar-refractivity contribution in [2.24, 2.45) is 5.41 Å². The third-order valence-electron chi connectivity index (χ3n) is 6.02. The molecule has 1 aliphatic heterocycles. The van der Waals surface area contributed by atoms with Crippen molar-refractivity contribution in [1.82, 2.24) is 14.9 Å². The molecule has 7 nitrogen and oxygen atoms in total. The van der Waals surface area contributed by atoms with Gasteiger partial charge in [0, 0.05) is 31.5 Å². The first-order valence-electron chi connectivity index (χ1n) is 9.03. The summed E-state index contributed by atoms with van der Waals surface area (Å²) in [6.45, 7) is 5.60. The van der Waals surface area contributed by atoms with Crippen LogP contribution >= 0.6 is 11.3 Å². The van der Waals surface area contributed by atoms with E-state index >= 15 is 0 Å². The summed E-state index contributed by atoms with van der Waals surface area (Å²) in [7, 11) is 0. The summed E-state index contributed by atoms with van der Waals surface area (Å²) < 4.78 is 5.79. The minimum atomic E-state index is -0.342. The van der Waals surface area contributed by atoms with Crippen LogP contribution in [0.15, 0.2) is 11.1 Å². The Morgan fingerprint density at radius 1 is 1.50 bits per heavy atom. The molecule has 1 amide bonds. The topological polar surface area (TPSA) is 95.5 Å². The predicted molar refractivity (Wildman–Crippen MR) is 98.6 cm³/mol. The molecule has 2 N–H and O–H groups in total. The molecule has 2 atom stereocenters. The van der Waals surface area contributed by atoms with Crippen molar-refractivity contribution in [3.63, 3.8) is 0 Å². The number of amides is 1. The molecule has 2 aromatic rings. The SMILES string of the molecule is CCO[C@H]1C[C@@H](O)C12CCN(C(=O)c1sc3nc[nH]c(=O)c3c1C)CC2. The predicted octanol–water partition coefficient (Wildman–Crippen LogP) is 1.69. The van der Waals surface area contributed by atoms with Gasteiger partial charge in [0.1, 0.15) is 4.83 Å². The van der Waals surface area contributed by atoms with Gasteiger partial charge in [0.15, 0.2) is 0 Å². The van der Waals surface area contributed by atoms with Gasteiger partial charge < -0.3 is 19.7 Å². The molecule has 3 heterocycles. The number of fused-ring (bicyclic) bond motifs is 1. The summed E-state index contributed by atoms with van der Waals surface area (Å²) in [5, 5.41) is 10.8. The average Bonchev–Trinajstić information content (AvgIpc) is 2.99. The van der Waals surface area contributed by atoms with Gasteiger partial charge in [0.25, 0.3) is 11.5 Å². The van der Waals surface area contributed by atoms with Crippen LogP contribution in [0, 0.1) is 12.3 Å². The minimum absolute atomic E-state index is 0.0541. The Bertz CT molecular complexity index is 895. The van der Waals surface area contributed by atoms with Gasteiger partial charge in [-0.3, -0.25) is 9.59 Å². The third-order valence-corrected chi connectivity index (χ3v) is 7.21. The monoisotopic (exact) mass is 377 g/mol. The standard InChI is InChI=1S/C18H23N3O4S/c1-3-25-12-8-11(22)18(12)4-6-21(7-5-18)17(24)14-10(2)13-15(23)19-9-20-16(13)26-14/h9,11-12,22H,3-8H2,1-2H3,(H,19,20,23)/t11-,12+/m1/s1. The number of ether oxygens (including phenoxy) is 1. The van der Waals surface area contributed by atoms with E-state index < -0.39 is 0 Å². The Hall–Kier alpha value is -1.77. The fraction of sp³-hybridized carbons (Fsp3) is 0.611. The lowest BCUT2D eigenvalue weighted by Crippen LogP contribution is -2.62. The summed E-state index contributed by atoms with van der Waals surface area (Å²) >= 11 is 1.27. The van der Waals surface area contributed by atoms with Gasteiger partial charge in [0.05, 0.1) is 28.8 Å². The molecule has 0 aromatic carbocycles.